The highest BCUT2D eigenvalue weighted by atomic mass is 35.5. The average molecular weight is 243 g/mol. The first-order valence-electron chi connectivity index (χ1n) is 5.32. The van der Waals surface area contributed by atoms with Crippen LogP contribution in [0.3, 0.4) is 0 Å². The van der Waals surface area contributed by atoms with Gasteiger partial charge in [0.1, 0.15) is 0 Å². The molecule has 1 unspecified atom stereocenters. The molecule has 16 heavy (non-hydrogen) atoms. The number of halogens is 1. The van der Waals surface area contributed by atoms with Gasteiger partial charge in [-0.15, -0.1) is 0 Å². The van der Waals surface area contributed by atoms with Crippen molar-refractivity contribution in [2.75, 3.05) is 25.6 Å². The third-order valence-electron chi connectivity index (χ3n) is 2.60. The van der Waals surface area contributed by atoms with Crippen LogP contribution in [-0.4, -0.2) is 25.8 Å². The second-order valence-electron chi connectivity index (χ2n) is 4.14. The van der Waals surface area contributed by atoms with Crippen molar-refractivity contribution in [2.24, 2.45) is 5.73 Å². The molecule has 0 spiro atoms. The Morgan fingerprint density at radius 2 is 2.00 bits per heavy atom. The topological polar surface area (TPSA) is 47.3 Å². The summed E-state index contributed by atoms with van der Waals surface area (Å²) in [6.07, 6.45) is 0.864. The van der Waals surface area contributed by atoms with Crippen molar-refractivity contribution in [1.82, 2.24) is 0 Å². The summed E-state index contributed by atoms with van der Waals surface area (Å²) in [4.78, 5) is 0. The summed E-state index contributed by atoms with van der Waals surface area (Å²) in [5.41, 5.74) is 6.65. The number of nitrogens with one attached hydrogen (secondary N) is 1. The van der Waals surface area contributed by atoms with Gasteiger partial charge in [-0.05, 0) is 37.6 Å². The number of benzene rings is 1. The Morgan fingerprint density at radius 3 is 2.50 bits per heavy atom. The van der Waals surface area contributed by atoms with E-state index in [0.717, 1.165) is 17.1 Å². The second-order valence-corrected chi connectivity index (χ2v) is 4.58. The molecule has 0 saturated carbocycles. The maximum Gasteiger partial charge on any atom is 0.0489 e. The molecule has 3 nitrogen and oxygen atoms in total. The Morgan fingerprint density at radius 1 is 1.38 bits per heavy atom. The number of methoxy groups -OCH3 is 1. The Hall–Kier alpha value is -0.770. The lowest BCUT2D eigenvalue weighted by molar-refractivity contribution is 0.177. The Kier molecular flexibility index (Phi) is 5.06. The normalized spacial score (nSPS) is 14.5. The van der Waals surface area contributed by atoms with Crippen molar-refractivity contribution in [2.45, 2.75) is 18.9 Å². The number of hydrogen-bond acceptors (Lipinski definition) is 3. The smallest absolute Gasteiger partial charge is 0.0489 e. The van der Waals surface area contributed by atoms with E-state index in [1.54, 1.807) is 7.11 Å². The lowest BCUT2D eigenvalue weighted by Gasteiger charge is -2.30. The summed E-state index contributed by atoms with van der Waals surface area (Å²) in [5.74, 6) is 0. The van der Waals surface area contributed by atoms with Gasteiger partial charge in [-0.1, -0.05) is 11.6 Å². The lowest BCUT2D eigenvalue weighted by atomic mass is 9.98. The van der Waals surface area contributed by atoms with Gasteiger partial charge in [-0.25, -0.2) is 0 Å². The lowest BCUT2D eigenvalue weighted by Crippen LogP contribution is -2.43. The molecular formula is C12H19ClN2O. The van der Waals surface area contributed by atoms with Crippen molar-refractivity contribution in [3.8, 4) is 0 Å². The summed E-state index contributed by atoms with van der Waals surface area (Å²) >= 11 is 5.83. The molecule has 1 rings (SSSR count). The Bertz CT molecular complexity index is 315. The maximum atomic E-state index is 5.83. The molecule has 90 valence electrons. The van der Waals surface area contributed by atoms with Crippen molar-refractivity contribution >= 4 is 17.3 Å². The van der Waals surface area contributed by atoms with Gasteiger partial charge in [0.25, 0.3) is 0 Å². The van der Waals surface area contributed by atoms with E-state index in [-0.39, 0.29) is 5.54 Å². The molecule has 0 aliphatic rings. The van der Waals surface area contributed by atoms with E-state index < -0.39 is 0 Å². The fourth-order valence-electron chi connectivity index (χ4n) is 1.42. The van der Waals surface area contributed by atoms with E-state index in [2.05, 4.69) is 12.2 Å². The van der Waals surface area contributed by atoms with E-state index in [1.165, 1.54) is 0 Å². The number of ether oxygens (including phenoxy) is 1. The Labute approximate surface area is 102 Å². The molecule has 1 aromatic rings. The minimum Gasteiger partial charge on any atom is -0.385 e. The van der Waals surface area contributed by atoms with Crippen molar-refractivity contribution < 1.29 is 4.74 Å². The first kappa shape index (κ1) is 13.3. The number of hydrogen-bond donors (Lipinski definition) is 2. The predicted octanol–water partition coefficient (Wildman–Crippen LogP) is 2.51. The Balaban J connectivity index is 2.64. The highest BCUT2D eigenvalue weighted by Gasteiger charge is 2.21. The first-order valence-corrected chi connectivity index (χ1v) is 5.70. The van der Waals surface area contributed by atoms with E-state index in [9.17, 15) is 0 Å². The van der Waals surface area contributed by atoms with Crippen LogP contribution < -0.4 is 11.1 Å². The highest BCUT2D eigenvalue weighted by Crippen LogP contribution is 2.19. The molecule has 0 fully saturated rings. The van der Waals surface area contributed by atoms with E-state index in [4.69, 9.17) is 22.1 Å². The summed E-state index contributed by atoms with van der Waals surface area (Å²) < 4.78 is 5.08. The monoisotopic (exact) mass is 242 g/mol. The van der Waals surface area contributed by atoms with Crippen LogP contribution in [0.2, 0.25) is 5.02 Å². The van der Waals surface area contributed by atoms with Crippen molar-refractivity contribution in [3.63, 3.8) is 0 Å². The van der Waals surface area contributed by atoms with Crippen LogP contribution in [0.4, 0.5) is 5.69 Å². The number of anilines is 1. The molecule has 0 aliphatic carbocycles. The summed E-state index contributed by atoms with van der Waals surface area (Å²) in [5, 5.41) is 4.14. The second kappa shape index (κ2) is 6.09. The molecule has 3 N–H and O–H groups in total. The molecule has 0 saturated heterocycles. The predicted molar refractivity (Wildman–Crippen MR) is 69.0 cm³/mol. The van der Waals surface area contributed by atoms with E-state index in [1.807, 2.05) is 24.3 Å². The molecular weight excluding hydrogens is 224 g/mol. The third-order valence-corrected chi connectivity index (χ3v) is 2.85. The maximum absolute atomic E-state index is 5.83. The van der Waals surface area contributed by atoms with E-state index >= 15 is 0 Å². The zero-order chi connectivity index (χ0) is 12.0. The zero-order valence-electron chi connectivity index (χ0n) is 9.79. The SMILES string of the molecule is COCCC(C)(CN)Nc1ccc(Cl)cc1. The van der Waals surface area contributed by atoms with Crippen LogP contribution in [0.5, 0.6) is 0 Å². The van der Waals surface area contributed by atoms with Crippen LogP contribution in [0.25, 0.3) is 0 Å². The van der Waals surface area contributed by atoms with Crippen molar-refractivity contribution in [1.29, 1.82) is 0 Å². The molecule has 1 atom stereocenters. The molecule has 0 heterocycles. The van der Waals surface area contributed by atoms with Gasteiger partial charge in [-0.2, -0.15) is 0 Å². The molecule has 0 bridgehead atoms. The van der Waals surface area contributed by atoms with Crippen LogP contribution in [0.1, 0.15) is 13.3 Å². The quantitative estimate of drug-likeness (QED) is 0.806. The van der Waals surface area contributed by atoms with Gasteiger partial charge in [0.05, 0.1) is 0 Å². The van der Waals surface area contributed by atoms with Gasteiger partial charge in [0.15, 0.2) is 0 Å². The van der Waals surface area contributed by atoms with Crippen LogP contribution in [-0.2, 0) is 4.74 Å². The summed E-state index contributed by atoms with van der Waals surface area (Å²) in [7, 11) is 1.69. The molecule has 0 aromatic heterocycles. The number of rotatable bonds is 6. The van der Waals surface area contributed by atoms with Gasteiger partial charge in [0, 0.05) is 36.5 Å². The molecule has 1 aromatic carbocycles. The summed E-state index contributed by atoms with van der Waals surface area (Å²) in [6, 6.07) is 7.61. The van der Waals surface area contributed by atoms with E-state index in [0.29, 0.717) is 13.2 Å². The standard InChI is InChI=1S/C12H19ClN2O/c1-12(9-14,7-8-16-2)15-11-5-3-10(13)4-6-11/h3-6,15H,7-9,14H2,1-2H3. The summed E-state index contributed by atoms with van der Waals surface area (Å²) in [6.45, 7) is 3.33. The minimum atomic E-state index is -0.149. The average Bonchev–Trinajstić information content (AvgIpc) is 2.30. The fraction of sp³-hybridized carbons (Fsp3) is 0.500. The third kappa shape index (κ3) is 4.00. The van der Waals surface area contributed by atoms with Crippen molar-refractivity contribution in [3.05, 3.63) is 29.3 Å². The highest BCUT2D eigenvalue weighted by molar-refractivity contribution is 6.30. The molecule has 0 radical (unpaired) electrons. The zero-order valence-corrected chi connectivity index (χ0v) is 10.6. The van der Waals surface area contributed by atoms with Gasteiger partial charge in [-0.3, -0.25) is 0 Å². The molecule has 0 amide bonds. The first-order chi connectivity index (χ1) is 7.59. The largest absolute Gasteiger partial charge is 0.385 e. The van der Waals surface area contributed by atoms with Gasteiger partial charge < -0.3 is 15.8 Å². The van der Waals surface area contributed by atoms with Gasteiger partial charge >= 0.3 is 0 Å². The molecule has 4 heteroatoms. The molecule has 0 aliphatic heterocycles. The number of nitrogens with two attached hydrogens (primary N) is 1. The van der Waals surface area contributed by atoms with Gasteiger partial charge in [0.2, 0.25) is 0 Å². The van der Waals surface area contributed by atoms with Crippen LogP contribution in [0, 0.1) is 0 Å². The fourth-order valence-corrected chi connectivity index (χ4v) is 1.55. The minimum absolute atomic E-state index is 0.149. The van der Waals surface area contributed by atoms with Crippen LogP contribution in [0.15, 0.2) is 24.3 Å². The van der Waals surface area contributed by atoms with Crippen LogP contribution >= 0.6 is 11.6 Å².